The van der Waals surface area contributed by atoms with Gasteiger partial charge in [0.05, 0.1) is 12.2 Å². The number of nitrogens with zero attached hydrogens (tertiary/aromatic N) is 3. The molecular formula is C27H27F2N3O5. The van der Waals surface area contributed by atoms with Gasteiger partial charge in [-0.3, -0.25) is 18.7 Å². The number of carboxylic acid groups (broad SMARTS) is 1. The Labute approximate surface area is 211 Å². The van der Waals surface area contributed by atoms with Crippen LogP contribution < -0.4 is 16.1 Å². The van der Waals surface area contributed by atoms with Crippen molar-refractivity contribution in [3.05, 3.63) is 91.3 Å². The number of carbonyl (C=O) groups is 2. The summed E-state index contributed by atoms with van der Waals surface area (Å²) in [5.74, 6) is -4.86. The lowest BCUT2D eigenvalue weighted by molar-refractivity contribution is -0.116. The molecule has 0 saturated heterocycles. The van der Waals surface area contributed by atoms with Crippen molar-refractivity contribution < 1.29 is 23.5 Å². The van der Waals surface area contributed by atoms with E-state index in [2.05, 4.69) is 0 Å². The molecule has 0 fully saturated rings. The predicted octanol–water partition coefficient (Wildman–Crippen LogP) is 3.81. The monoisotopic (exact) mass is 511 g/mol. The summed E-state index contributed by atoms with van der Waals surface area (Å²) < 4.78 is 29.9. The second-order valence-electron chi connectivity index (χ2n) is 10.1. The lowest BCUT2D eigenvalue weighted by atomic mass is 9.87. The van der Waals surface area contributed by atoms with Crippen LogP contribution in [0, 0.1) is 6.92 Å². The summed E-state index contributed by atoms with van der Waals surface area (Å²) >= 11 is 0. The van der Waals surface area contributed by atoms with Gasteiger partial charge < -0.3 is 10.0 Å². The summed E-state index contributed by atoms with van der Waals surface area (Å²) in [5.41, 5.74) is -0.907. The number of aromatic nitrogens is 2. The normalized spacial score (nSPS) is 14.5. The van der Waals surface area contributed by atoms with Crippen LogP contribution in [0.15, 0.2) is 52.2 Å². The number of carbonyl (C=O) groups excluding carboxylic acids is 1. The lowest BCUT2D eigenvalue weighted by Gasteiger charge is -2.19. The molecule has 0 radical (unpaired) electrons. The molecule has 4 rings (SSSR count). The van der Waals surface area contributed by atoms with Crippen molar-refractivity contribution in [2.24, 2.45) is 0 Å². The molecule has 1 N–H and O–H groups in total. The Balaban J connectivity index is 1.92. The van der Waals surface area contributed by atoms with Gasteiger partial charge in [-0.15, -0.1) is 0 Å². The maximum Gasteiger partial charge on any atom is 0.342 e. The number of aromatic carboxylic acids is 1. The van der Waals surface area contributed by atoms with E-state index in [0.717, 1.165) is 27.8 Å². The minimum atomic E-state index is -3.14. The third kappa shape index (κ3) is 4.47. The molecule has 1 aliphatic rings. The van der Waals surface area contributed by atoms with Gasteiger partial charge in [-0.25, -0.2) is 18.4 Å². The zero-order valence-electron chi connectivity index (χ0n) is 21.1. The first-order valence-electron chi connectivity index (χ1n) is 11.6. The van der Waals surface area contributed by atoms with E-state index in [9.17, 15) is 33.1 Å². The van der Waals surface area contributed by atoms with Gasteiger partial charge in [0.2, 0.25) is 5.91 Å². The van der Waals surface area contributed by atoms with E-state index in [0.29, 0.717) is 12.2 Å². The molecule has 1 aliphatic heterocycles. The van der Waals surface area contributed by atoms with E-state index in [-0.39, 0.29) is 33.7 Å². The number of hydrogen-bond donors (Lipinski definition) is 1. The Bertz CT molecular complexity index is 1560. The molecule has 0 saturated carbocycles. The third-order valence-electron chi connectivity index (χ3n) is 6.86. The standard InChI is InChI=1S/C27H27F2N3O5/c1-15-17(7-6-8-20(15)27(5,28)29)12-31-23(34)19(24(35)36)13-30(25(31)37)18-9-10-21-22(11-18)32(16(2)33)14-26(21,3)4/h6-11,13H,12,14H2,1-5H3,(H,35,36). The van der Waals surface area contributed by atoms with Crippen LogP contribution in [-0.4, -0.2) is 32.7 Å². The fourth-order valence-corrected chi connectivity index (χ4v) is 4.89. The van der Waals surface area contributed by atoms with Crippen molar-refractivity contribution in [1.82, 2.24) is 9.13 Å². The van der Waals surface area contributed by atoms with Gasteiger partial charge in [-0.1, -0.05) is 38.1 Å². The van der Waals surface area contributed by atoms with Gasteiger partial charge in [0.25, 0.3) is 11.5 Å². The molecule has 0 bridgehead atoms. The molecule has 0 aliphatic carbocycles. The van der Waals surface area contributed by atoms with Crippen LogP contribution in [-0.2, 0) is 22.7 Å². The number of amides is 1. The van der Waals surface area contributed by atoms with Crippen LogP contribution in [0.25, 0.3) is 5.69 Å². The molecule has 3 aromatic rings. The number of benzene rings is 2. The van der Waals surface area contributed by atoms with Crippen LogP contribution in [0.1, 0.15) is 60.3 Å². The minimum Gasteiger partial charge on any atom is -0.477 e. The highest BCUT2D eigenvalue weighted by molar-refractivity contribution is 5.95. The van der Waals surface area contributed by atoms with Gasteiger partial charge in [0, 0.05) is 43.3 Å². The van der Waals surface area contributed by atoms with Crippen molar-refractivity contribution >= 4 is 17.6 Å². The smallest absolute Gasteiger partial charge is 0.342 e. The topological polar surface area (TPSA) is 102 Å². The number of fused-ring (bicyclic) bond motifs is 1. The summed E-state index contributed by atoms with van der Waals surface area (Å²) in [6, 6.07) is 9.18. The van der Waals surface area contributed by atoms with Crippen LogP contribution in [0.3, 0.4) is 0 Å². The number of anilines is 1. The maximum absolute atomic E-state index is 14.1. The van der Waals surface area contributed by atoms with E-state index in [1.807, 2.05) is 13.8 Å². The Hall–Kier alpha value is -4.08. The number of carboxylic acids is 1. The average Bonchev–Trinajstić information content (AvgIpc) is 3.07. The SMILES string of the molecule is CC(=O)N1CC(C)(C)c2ccc(-n3cc(C(=O)O)c(=O)n(Cc4cccc(C(C)(F)F)c4C)c3=O)cc21. The first-order valence-corrected chi connectivity index (χ1v) is 11.6. The van der Waals surface area contributed by atoms with Crippen molar-refractivity contribution in [1.29, 1.82) is 0 Å². The van der Waals surface area contributed by atoms with E-state index < -0.39 is 35.2 Å². The number of halogens is 2. The number of rotatable bonds is 5. The molecule has 194 valence electrons. The van der Waals surface area contributed by atoms with Crippen molar-refractivity contribution in [3.8, 4) is 5.69 Å². The van der Waals surface area contributed by atoms with Gasteiger partial charge in [-0.05, 0) is 35.7 Å². The molecule has 0 atom stereocenters. The highest BCUT2D eigenvalue weighted by Crippen LogP contribution is 2.41. The van der Waals surface area contributed by atoms with E-state index >= 15 is 0 Å². The highest BCUT2D eigenvalue weighted by atomic mass is 19.3. The van der Waals surface area contributed by atoms with Crippen LogP contribution in [0.2, 0.25) is 0 Å². The second kappa shape index (κ2) is 8.79. The Morgan fingerprint density at radius 1 is 1.14 bits per heavy atom. The molecule has 10 heteroatoms. The van der Waals surface area contributed by atoms with Gasteiger partial charge in [0.15, 0.2) is 0 Å². The summed E-state index contributed by atoms with van der Waals surface area (Å²) in [6.07, 6.45) is 0.951. The molecule has 1 amide bonds. The molecule has 2 heterocycles. The summed E-state index contributed by atoms with van der Waals surface area (Å²) in [4.78, 5) is 52.3. The van der Waals surface area contributed by atoms with Crippen molar-refractivity contribution in [2.45, 2.75) is 52.5 Å². The van der Waals surface area contributed by atoms with Gasteiger partial charge in [0.1, 0.15) is 5.56 Å². The predicted molar refractivity (Wildman–Crippen MR) is 134 cm³/mol. The fourth-order valence-electron chi connectivity index (χ4n) is 4.89. The average molecular weight is 512 g/mol. The first-order chi connectivity index (χ1) is 17.1. The fraction of sp³-hybridized carbons (Fsp3) is 0.333. The molecule has 37 heavy (non-hydrogen) atoms. The maximum atomic E-state index is 14.1. The largest absolute Gasteiger partial charge is 0.477 e. The lowest BCUT2D eigenvalue weighted by Crippen LogP contribution is -2.42. The van der Waals surface area contributed by atoms with Gasteiger partial charge >= 0.3 is 11.7 Å². The number of hydrogen-bond acceptors (Lipinski definition) is 4. The van der Waals surface area contributed by atoms with E-state index in [1.165, 1.54) is 32.0 Å². The molecule has 1 aromatic heterocycles. The van der Waals surface area contributed by atoms with Crippen molar-refractivity contribution in [3.63, 3.8) is 0 Å². The number of alkyl halides is 2. The molecule has 2 aromatic carbocycles. The first kappa shape index (κ1) is 26.0. The van der Waals surface area contributed by atoms with E-state index in [4.69, 9.17) is 0 Å². The van der Waals surface area contributed by atoms with Crippen LogP contribution in [0.4, 0.5) is 14.5 Å². The third-order valence-corrected chi connectivity index (χ3v) is 6.86. The van der Waals surface area contributed by atoms with Crippen molar-refractivity contribution in [2.75, 3.05) is 11.4 Å². The molecule has 8 nitrogen and oxygen atoms in total. The summed E-state index contributed by atoms with van der Waals surface area (Å²) in [6.45, 7) is 7.66. The van der Waals surface area contributed by atoms with Crippen LogP contribution in [0.5, 0.6) is 0 Å². The Kier molecular flexibility index (Phi) is 6.18. The zero-order valence-corrected chi connectivity index (χ0v) is 21.1. The van der Waals surface area contributed by atoms with Crippen LogP contribution >= 0.6 is 0 Å². The summed E-state index contributed by atoms with van der Waals surface area (Å²) in [5, 5.41) is 9.68. The Morgan fingerprint density at radius 3 is 2.41 bits per heavy atom. The molecule has 0 unspecified atom stereocenters. The zero-order chi connectivity index (χ0) is 27.4. The molecular weight excluding hydrogens is 484 g/mol. The quantitative estimate of drug-likeness (QED) is 0.562. The second-order valence-corrected chi connectivity index (χ2v) is 10.1. The Morgan fingerprint density at radius 2 is 1.81 bits per heavy atom. The highest BCUT2D eigenvalue weighted by Gasteiger charge is 2.37. The minimum absolute atomic E-state index is 0.185. The van der Waals surface area contributed by atoms with Gasteiger partial charge in [-0.2, -0.15) is 0 Å². The van der Waals surface area contributed by atoms with E-state index in [1.54, 1.807) is 23.1 Å². The summed E-state index contributed by atoms with van der Waals surface area (Å²) in [7, 11) is 0. The molecule has 0 spiro atoms.